The van der Waals surface area contributed by atoms with Crippen LogP contribution in [-0.2, 0) is 11.6 Å². The van der Waals surface area contributed by atoms with Gasteiger partial charge in [-0.3, -0.25) is 14.4 Å². The van der Waals surface area contributed by atoms with E-state index < -0.39 is 13.5 Å². The monoisotopic (exact) mass is 382 g/mol. The van der Waals surface area contributed by atoms with Crippen molar-refractivity contribution in [3.8, 4) is 0 Å². The van der Waals surface area contributed by atoms with Crippen molar-refractivity contribution < 1.29 is 9.36 Å². The van der Waals surface area contributed by atoms with E-state index >= 15 is 0 Å². The SMILES string of the molecule is Cc1ccc(NP(=O)(NC(=O)c2cccn2C)Nc2ccc(C)cc2)cc1. The molecule has 0 aliphatic rings. The number of carbonyl (C=O) groups is 1. The predicted octanol–water partition coefficient (Wildman–Crippen LogP) is 4.70. The molecule has 0 spiro atoms. The minimum absolute atomic E-state index is 0.423. The van der Waals surface area contributed by atoms with E-state index in [2.05, 4.69) is 15.3 Å². The molecule has 140 valence electrons. The van der Waals surface area contributed by atoms with Crippen LogP contribution in [0.4, 0.5) is 11.4 Å². The Bertz CT molecular complexity index is 926. The zero-order valence-electron chi connectivity index (χ0n) is 15.6. The fourth-order valence-corrected chi connectivity index (χ4v) is 4.19. The lowest BCUT2D eigenvalue weighted by Crippen LogP contribution is -2.29. The first-order valence-electron chi connectivity index (χ1n) is 8.58. The zero-order valence-corrected chi connectivity index (χ0v) is 16.5. The van der Waals surface area contributed by atoms with Crippen LogP contribution in [0.5, 0.6) is 0 Å². The Balaban J connectivity index is 1.88. The molecule has 1 heterocycles. The Morgan fingerprint density at radius 1 is 0.852 bits per heavy atom. The molecule has 0 fully saturated rings. The molecule has 0 aliphatic carbocycles. The van der Waals surface area contributed by atoms with E-state index in [1.165, 1.54) is 0 Å². The van der Waals surface area contributed by atoms with E-state index in [9.17, 15) is 9.36 Å². The van der Waals surface area contributed by atoms with Gasteiger partial charge in [-0.2, -0.15) is 0 Å². The predicted molar refractivity (Wildman–Crippen MR) is 110 cm³/mol. The van der Waals surface area contributed by atoms with Crippen LogP contribution in [0.3, 0.4) is 0 Å². The molecule has 0 bridgehead atoms. The Morgan fingerprint density at radius 2 is 1.33 bits per heavy atom. The van der Waals surface area contributed by atoms with Gasteiger partial charge in [0.1, 0.15) is 5.69 Å². The van der Waals surface area contributed by atoms with Crippen molar-refractivity contribution in [1.29, 1.82) is 0 Å². The first-order chi connectivity index (χ1) is 12.8. The van der Waals surface area contributed by atoms with Crippen molar-refractivity contribution in [1.82, 2.24) is 9.65 Å². The van der Waals surface area contributed by atoms with Crippen LogP contribution < -0.4 is 15.3 Å². The Morgan fingerprint density at radius 3 is 1.74 bits per heavy atom. The maximum atomic E-state index is 13.6. The van der Waals surface area contributed by atoms with Gasteiger partial charge in [-0.25, -0.2) is 0 Å². The highest BCUT2D eigenvalue weighted by Crippen LogP contribution is 2.41. The van der Waals surface area contributed by atoms with Crippen LogP contribution in [0.15, 0.2) is 66.9 Å². The van der Waals surface area contributed by atoms with E-state index in [0.717, 1.165) is 11.1 Å². The van der Waals surface area contributed by atoms with Gasteiger partial charge in [0.25, 0.3) is 5.91 Å². The molecule has 0 atom stereocenters. The van der Waals surface area contributed by atoms with Gasteiger partial charge in [0.05, 0.1) is 0 Å². The van der Waals surface area contributed by atoms with Crippen LogP contribution in [0.2, 0.25) is 0 Å². The highest BCUT2D eigenvalue weighted by molar-refractivity contribution is 7.65. The Kier molecular flexibility index (Phi) is 5.38. The molecule has 0 radical (unpaired) electrons. The molecule has 0 saturated carbocycles. The zero-order chi connectivity index (χ0) is 19.4. The number of anilines is 2. The molecule has 2 aromatic carbocycles. The number of nitrogens with zero attached hydrogens (tertiary/aromatic N) is 1. The van der Waals surface area contributed by atoms with Crippen molar-refractivity contribution in [3.05, 3.63) is 83.7 Å². The number of nitrogens with one attached hydrogen (secondary N) is 3. The van der Waals surface area contributed by atoms with Gasteiger partial charge in [-0.05, 0) is 50.2 Å². The van der Waals surface area contributed by atoms with E-state index in [1.807, 2.05) is 62.4 Å². The summed E-state index contributed by atoms with van der Waals surface area (Å²) in [5.41, 5.74) is 3.91. The maximum Gasteiger partial charge on any atom is 0.355 e. The maximum absolute atomic E-state index is 13.6. The van der Waals surface area contributed by atoms with Gasteiger partial charge in [-0.15, -0.1) is 0 Å². The molecule has 1 aromatic heterocycles. The molecule has 0 aliphatic heterocycles. The molecular formula is C20H23N4O2P. The summed E-state index contributed by atoms with van der Waals surface area (Å²) in [5.74, 6) is -0.426. The average Bonchev–Trinajstić information content (AvgIpc) is 3.05. The first kappa shape index (κ1) is 18.8. The third kappa shape index (κ3) is 4.80. The summed E-state index contributed by atoms with van der Waals surface area (Å²) in [6, 6.07) is 18.4. The van der Waals surface area contributed by atoms with Gasteiger partial charge in [0.15, 0.2) is 0 Å². The lowest BCUT2D eigenvalue weighted by molar-refractivity contribution is 0.0973. The first-order valence-corrected chi connectivity index (χ1v) is 10.3. The second kappa shape index (κ2) is 7.72. The fourth-order valence-electron chi connectivity index (χ4n) is 2.60. The van der Waals surface area contributed by atoms with Crippen LogP contribution in [0, 0.1) is 13.8 Å². The van der Waals surface area contributed by atoms with E-state index in [-0.39, 0.29) is 0 Å². The van der Waals surface area contributed by atoms with Gasteiger partial charge in [0, 0.05) is 24.6 Å². The van der Waals surface area contributed by atoms with Crippen molar-refractivity contribution >= 4 is 24.9 Å². The fraction of sp³-hybridized carbons (Fsp3) is 0.150. The standard InChI is InChI=1S/C20H23N4O2P/c1-15-6-10-17(11-7-15)21-27(26,22-18-12-8-16(2)9-13-18)23-20(25)19-5-4-14-24(19)3/h4-14H,1-3H3,(H3,21,22,23,25,26). The lowest BCUT2D eigenvalue weighted by atomic mass is 10.2. The molecule has 3 aromatic rings. The van der Waals surface area contributed by atoms with Crippen molar-refractivity contribution in [2.24, 2.45) is 7.05 Å². The molecule has 27 heavy (non-hydrogen) atoms. The largest absolute Gasteiger partial charge is 0.355 e. The van der Waals surface area contributed by atoms with Gasteiger partial charge < -0.3 is 14.7 Å². The summed E-state index contributed by atoms with van der Waals surface area (Å²) in [7, 11) is -1.76. The second-order valence-electron chi connectivity index (χ2n) is 6.51. The molecule has 7 heteroatoms. The summed E-state index contributed by atoms with van der Waals surface area (Å²) in [5, 5.41) is 8.56. The highest BCUT2D eigenvalue weighted by Gasteiger charge is 2.26. The highest BCUT2D eigenvalue weighted by atomic mass is 31.2. The number of hydrogen-bond donors (Lipinski definition) is 3. The summed E-state index contributed by atoms with van der Waals surface area (Å²) in [6.45, 7) is 3.95. The molecular weight excluding hydrogens is 359 g/mol. The summed E-state index contributed by atoms with van der Waals surface area (Å²) < 4.78 is 15.3. The summed E-state index contributed by atoms with van der Waals surface area (Å²) in [6.07, 6.45) is 1.76. The molecule has 0 unspecified atom stereocenters. The summed E-state index contributed by atoms with van der Waals surface area (Å²) >= 11 is 0. The van der Waals surface area contributed by atoms with Crippen molar-refractivity contribution in [3.63, 3.8) is 0 Å². The Hall–Kier alpha value is -2.98. The molecule has 1 amide bonds. The minimum atomic E-state index is -3.52. The van der Waals surface area contributed by atoms with Crippen LogP contribution in [0.1, 0.15) is 21.6 Å². The van der Waals surface area contributed by atoms with Gasteiger partial charge >= 0.3 is 7.59 Å². The summed E-state index contributed by atoms with van der Waals surface area (Å²) in [4.78, 5) is 12.6. The van der Waals surface area contributed by atoms with E-state index in [4.69, 9.17) is 0 Å². The number of aromatic nitrogens is 1. The average molecular weight is 382 g/mol. The number of aryl methyl sites for hydroxylation is 3. The number of carbonyl (C=O) groups excluding carboxylic acids is 1. The van der Waals surface area contributed by atoms with E-state index in [0.29, 0.717) is 17.1 Å². The second-order valence-corrected chi connectivity index (χ2v) is 8.40. The lowest BCUT2D eigenvalue weighted by Gasteiger charge is -2.23. The normalized spacial score (nSPS) is 11.1. The third-order valence-corrected chi connectivity index (χ3v) is 5.78. The quantitative estimate of drug-likeness (QED) is 0.540. The smallest absolute Gasteiger partial charge is 0.347 e. The van der Waals surface area contributed by atoms with Crippen LogP contribution in [-0.4, -0.2) is 10.5 Å². The number of benzene rings is 2. The van der Waals surface area contributed by atoms with Crippen molar-refractivity contribution in [2.45, 2.75) is 13.8 Å². The third-order valence-electron chi connectivity index (χ3n) is 4.11. The number of amides is 1. The molecule has 6 nitrogen and oxygen atoms in total. The van der Waals surface area contributed by atoms with Crippen molar-refractivity contribution in [2.75, 3.05) is 10.2 Å². The molecule has 0 saturated heterocycles. The molecule has 3 rings (SSSR count). The number of hydrogen-bond acceptors (Lipinski definition) is 2. The van der Waals surface area contributed by atoms with Crippen LogP contribution >= 0.6 is 7.59 Å². The minimum Gasteiger partial charge on any atom is -0.347 e. The molecule has 3 N–H and O–H groups in total. The van der Waals surface area contributed by atoms with Crippen LogP contribution in [0.25, 0.3) is 0 Å². The number of rotatable bonds is 6. The topological polar surface area (TPSA) is 75.2 Å². The Labute approximate surface area is 159 Å². The van der Waals surface area contributed by atoms with Gasteiger partial charge in [0.2, 0.25) is 0 Å². The van der Waals surface area contributed by atoms with E-state index in [1.54, 1.807) is 29.9 Å². The van der Waals surface area contributed by atoms with Gasteiger partial charge in [-0.1, -0.05) is 35.4 Å².